The zero-order chi connectivity index (χ0) is 92.4. The molecule has 0 saturated heterocycles. The van der Waals surface area contributed by atoms with Crippen LogP contribution in [-0.4, -0.2) is 139 Å². The van der Waals surface area contributed by atoms with Crippen LogP contribution in [0.1, 0.15) is 94.6 Å². The highest BCUT2D eigenvalue weighted by Gasteiger charge is 2.25. The van der Waals surface area contributed by atoms with Gasteiger partial charge in [-0.15, -0.1) is 0 Å². The minimum absolute atomic E-state index is 0. The number of imidazole rings is 4. The Bertz CT molecular complexity index is 8510. The van der Waals surface area contributed by atoms with Crippen LogP contribution in [0.4, 0.5) is 17.1 Å². The molecule has 0 radical (unpaired) electrons. The Hall–Kier alpha value is -17.9. The van der Waals surface area contributed by atoms with Crippen LogP contribution in [0.3, 0.4) is 0 Å². The number of aromatic nitrogens is 24. The molecule has 4 aromatic carbocycles. The van der Waals surface area contributed by atoms with Gasteiger partial charge in [0.05, 0.1) is 136 Å². The Balaban J connectivity index is 0.000000123. The number of rotatable bonds is 21. The number of nitrogens with two attached hydrogens (primary N) is 1. The molecule has 1 aliphatic rings. The molecule has 0 aliphatic heterocycles. The van der Waals surface area contributed by atoms with Gasteiger partial charge < -0.3 is 54.9 Å². The second-order valence-electron chi connectivity index (χ2n) is 33.9. The molecular formula is C107H100N28O5S. The number of carbonyl (C=O) groups is 2. The fraction of sp³-hybridized carbons (Fsp3) is 0.159. The summed E-state index contributed by atoms with van der Waals surface area (Å²) in [5.74, 6) is 3.70. The minimum Gasteiger partial charge on any atom is -0.472 e. The van der Waals surface area contributed by atoms with Gasteiger partial charge in [-0.25, -0.2) is 19.9 Å². The predicted octanol–water partition coefficient (Wildman–Crippen LogP) is 24.5. The Morgan fingerprint density at radius 1 is 0.390 bits per heavy atom. The zero-order valence-electron chi connectivity index (χ0n) is 73.9. The first-order valence-corrected chi connectivity index (χ1v) is 45.5. The molecule has 141 heavy (non-hydrogen) atoms. The average molecular weight is 1890 g/mol. The summed E-state index contributed by atoms with van der Waals surface area (Å²) in [6, 6.07) is 40.2. The van der Waals surface area contributed by atoms with E-state index in [1.165, 1.54) is 31.2 Å². The fourth-order valence-corrected chi connectivity index (χ4v) is 18.0. The normalized spacial score (nSPS) is 11.9. The molecule has 34 heteroatoms. The van der Waals surface area contributed by atoms with E-state index in [1.54, 1.807) is 123 Å². The summed E-state index contributed by atoms with van der Waals surface area (Å²) in [5, 5.41) is 48.0. The number of amides is 2. The van der Waals surface area contributed by atoms with Gasteiger partial charge in [0, 0.05) is 164 Å². The SMILES string of the molecule is C.C.C.C.CC(C)CC(=O)Nc1cncc(-c2ccc3[nH]nc(-c4nc5c(-c6ccoc6)cncc5[nH]4)c3c2)c1.CCC(=O)Nc1cncc(-c2ccc3[nH]nc(-c4nc5c(-c6ccoc6)cncc5[nH]4)c3c2)c1.Nc1cncc(-c2ccc3[nH]nc(-c4nc5c(-c6ccoc6)cncc5[nH]4)c3c2)c1.c1cc(-c2cncc3[nH]c(-c4n[nH]c5ccc(-c6cncc(CNCC7CCCC7)c6)cc45)nc23)cs1. The van der Waals surface area contributed by atoms with E-state index < -0.39 is 0 Å². The third-order valence-corrected chi connectivity index (χ3v) is 24.8. The number of benzene rings is 4. The Morgan fingerprint density at radius 2 is 0.752 bits per heavy atom. The van der Waals surface area contributed by atoms with Crippen molar-refractivity contribution in [3.63, 3.8) is 0 Å². The predicted molar refractivity (Wildman–Crippen MR) is 557 cm³/mol. The number of nitrogens with one attached hydrogen (secondary N) is 11. The summed E-state index contributed by atoms with van der Waals surface area (Å²) in [5.41, 5.74) is 37.7. The first-order valence-electron chi connectivity index (χ1n) is 44.6. The maximum atomic E-state index is 12.2. The van der Waals surface area contributed by atoms with E-state index in [0.29, 0.717) is 58.8 Å². The highest BCUT2D eigenvalue weighted by Crippen LogP contribution is 2.41. The summed E-state index contributed by atoms with van der Waals surface area (Å²) in [7, 11) is 0. The standard InChI is InChI=1S/C29H27N7S.C27H23N7O2.C25H19N7O2.C22H15N7O.4CH4/c1-2-4-18(3-1)11-30-12-19-9-22(14-31-13-19)20-5-6-25-23(10-20)28(36-35-25)29-33-26-16-32-15-24(27(26)34-29)21-7-8-37-17-21;1-15(2)7-24(35)30-19-8-18(10-28-11-19)16-3-4-22-20(9-16)26(34-33-22)27-31-23-13-29-12-21(25(23)32-27)17-5-6-36-14-17;1-2-22(33)28-17-7-16(9-26-10-17)14-3-4-20-18(8-14)24(32-31-20)25-29-21-12-27-11-19(23(21)30-25)15-5-6-34-13-15;23-15-5-14(7-24-8-15)12-1-2-18-16(6-12)21(29-28-18)22-26-19-10-25-9-17(20(19)27-22)13-3-4-30-11-13;;;;/h5-10,13-18,30H,1-4,11-12H2,(H,33,34)(H,35,36);3-6,8-15H,7H2,1-2H3,(H,30,35)(H,31,32)(H,33,34);3-13H,2H2,1H3,(H,28,33)(H,29,30)(H,31,32);1-11H,23H2,(H,26,27)(H,28,29);4*1H4. The Kier molecular flexibility index (Phi) is 27.1. The number of nitrogen functional groups attached to an aromatic ring is 1. The van der Waals surface area contributed by atoms with E-state index in [-0.39, 0.29) is 47.4 Å². The molecule has 1 fully saturated rings. The van der Waals surface area contributed by atoms with Gasteiger partial charge in [0.15, 0.2) is 23.3 Å². The van der Waals surface area contributed by atoms with Gasteiger partial charge in [-0.2, -0.15) is 31.7 Å². The monoisotopic (exact) mass is 1890 g/mol. The Morgan fingerprint density at radius 3 is 1.11 bits per heavy atom. The number of furan rings is 3. The molecular weight excluding hydrogens is 1790 g/mol. The van der Waals surface area contributed by atoms with Crippen molar-refractivity contribution in [1.29, 1.82) is 0 Å². The van der Waals surface area contributed by atoms with E-state index in [2.05, 4.69) is 164 Å². The third kappa shape index (κ3) is 19.4. The van der Waals surface area contributed by atoms with Gasteiger partial charge in [-0.05, 0) is 172 Å². The number of hydrogen-bond acceptors (Lipinski definition) is 24. The molecule has 20 heterocycles. The first-order chi connectivity index (χ1) is 67.3. The number of anilines is 3. The van der Waals surface area contributed by atoms with Crippen LogP contribution in [0.2, 0.25) is 0 Å². The van der Waals surface area contributed by atoms with Crippen molar-refractivity contribution in [1.82, 2.24) is 126 Å². The number of H-pyrrole nitrogens is 8. The first kappa shape index (κ1) is 93.5. The molecule has 2 amide bonds. The van der Waals surface area contributed by atoms with E-state index in [9.17, 15) is 9.59 Å². The minimum atomic E-state index is -0.0549. The van der Waals surface area contributed by atoms with Gasteiger partial charge in [-0.3, -0.25) is 69.9 Å². The highest BCUT2D eigenvalue weighted by atomic mass is 32.1. The van der Waals surface area contributed by atoms with Crippen molar-refractivity contribution < 1.29 is 22.8 Å². The number of pyridine rings is 8. The highest BCUT2D eigenvalue weighted by molar-refractivity contribution is 7.08. The van der Waals surface area contributed by atoms with Crippen LogP contribution in [0, 0.1) is 11.8 Å². The van der Waals surface area contributed by atoms with Crippen molar-refractivity contribution in [3.8, 4) is 135 Å². The topological polar surface area (TPSA) is 468 Å². The number of carbonyl (C=O) groups excluding carboxylic acids is 2. The van der Waals surface area contributed by atoms with E-state index in [4.69, 9.17) is 38.9 Å². The van der Waals surface area contributed by atoms with Crippen LogP contribution in [0.5, 0.6) is 0 Å². The second kappa shape index (κ2) is 40.9. The maximum absolute atomic E-state index is 12.2. The molecule has 33 nitrogen and oxygen atoms in total. The van der Waals surface area contributed by atoms with Crippen LogP contribution in [0.25, 0.3) is 223 Å². The molecule has 20 aromatic heterocycles. The van der Waals surface area contributed by atoms with Gasteiger partial charge in [0.1, 0.15) is 44.8 Å². The van der Waals surface area contributed by atoms with E-state index in [1.807, 2.05) is 130 Å². The average Bonchev–Trinajstić information content (AvgIpc) is 1.63. The van der Waals surface area contributed by atoms with Crippen LogP contribution >= 0.6 is 11.3 Å². The summed E-state index contributed by atoms with van der Waals surface area (Å²) >= 11 is 1.67. The molecule has 0 spiro atoms. The van der Waals surface area contributed by atoms with Crippen molar-refractivity contribution in [2.45, 2.75) is 95.5 Å². The van der Waals surface area contributed by atoms with Crippen molar-refractivity contribution in [2.24, 2.45) is 11.8 Å². The van der Waals surface area contributed by atoms with Gasteiger partial charge >= 0.3 is 0 Å². The molecule has 0 bridgehead atoms. The van der Waals surface area contributed by atoms with Crippen LogP contribution in [-0.2, 0) is 16.1 Å². The molecule has 0 atom stereocenters. The molecule has 1 saturated carbocycles. The number of hydrogen-bond donors (Lipinski definition) is 12. The molecule has 704 valence electrons. The molecule has 1 aliphatic carbocycles. The second-order valence-corrected chi connectivity index (χ2v) is 34.7. The quantitative estimate of drug-likeness (QED) is 0.0318. The number of fused-ring (bicyclic) bond motifs is 8. The van der Waals surface area contributed by atoms with Crippen LogP contribution in [0.15, 0.2) is 282 Å². The third-order valence-electron chi connectivity index (χ3n) is 24.1. The largest absolute Gasteiger partial charge is 0.472 e. The van der Waals surface area contributed by atoms with Crippen molar-refractivity contribution in [2.75, 3.05) is 22.9 Å². The summed E-state index contributed by atoms with van der Waals surface area (Å²) < 4.78 is 15.7. The lowest BCUT2D eigenvalue weighted by molar-refractivity contribution is -0.117. The number of thiophene rings is 1. The maximum Gasteiger partial charge on any atom is 0.224 e. The number of nitrogens with zero attached hydrogens (tertiary/aromatic N) is 16. The van der Waals surface area contributed by atoms with E-state index in [0.717, 1.165) is 213 Å². The van der Waals surface area contributed by atoms with Crippen LogP contribution < -0.4 is 21.7 Å². The molecule has 24 aromatic rings. The summed E-state index contributed by atoms with van der Waals surface area (Å²) in [4.78, 5) is 91.7. The molecule has 13 N–H and O–H groups in total. The van der Waals surface area contributed by atoms with E-state index >= 15 is 0 Å². The Labute approximate surface area is 811 Å². The van der Waals surface area contributed by atoms with Gasteiger partial charge in [0.25, 0.3) is 0 Å². The number of aromatic amines is 8. The molecule has 25 rings (SSSR count). The lowest BCUT2D eigenvalue weighted by Gasteiger charge is -2.11. The van der Waals surface area contributed by atoms with Gasteiger partial charge in [0.2, 0.25) is 11.8 Å². The lowest BCUT2D eigenvalue weighted by Crippen LogP contribution is -2.20. The zero-order valence-corrected chi connectivity index (χ0v) is 74.7. The summed E-state index contributed by atoms with van der Waals surface area (Å²) in [6.45, 7) is 7.78. The van der Waals surface area contributed by atoms with Crippen molar-refractivity contribution >= 4 is 128 Å². The fourth-order valence-electron chi connectivity index (χ4n) is 17.4. The lowest BCUT2D eigenvalue weighted by atomic mass is 10.0. The van der Waals surface area contributed by atoms with Gasteiger partial charge in [-0.1, -0.05) is 87.6 Å². The van der Waals surface area contributed by atoms with Crippen molar-refractivity contribution in [3.05, 3.63) is 274 Å². The summed E-state index contributed by atoms with van der Waals surface area (Å²) in [6.07, 6.45) is 44.7. The smallest absolute Gasteiger partial charge is 0.224 e. The molecule has 0 unspecified atom stereocenters.